The number of fused-ring (bicyclic) bond motifs is 1. The Morgan fingerprint density at radius 1 is 1.32 bits per heavy atom. The standard InChI is InChI=1S/C24H24ClN3O4S2/c1-4-13-28-22-16(2)20(25)11-12-21(22)33-24(28)26-23(29)17-7-9-19(10-8-17)34(30,31)27(3)15-18-6-5-14-32-18/h1,7-12,18H,5-6,13-15H2,2-3H3. The van der Waals surface area contributed by atoms with Crippen LogP contribution in [0.25, 0.3) is 10.2 Å². The topological polar surface area (TPSA) is 81.0 Å². The van der Waals surface area contributed by atoms with Crippen LogP contribution in [0.5, 0.6) is 0 Å². The quantitative estimate of drug-likeness (QED) is 0.465. The maximum atomic E-state index is 12.9. The van der Waals surface area contributed by atoms with E-state index < -0.39 is 15.9 Å². The van der Waals surface area contributed by atoms with Gasteiger partial charge in [0.2, 0.25) is 10.0 Å². The fourth-order valence-electron chi connectivity index (χ4n) is 3.91. The van der Waals surface area contributed by atoms with Crippen LogP contribution in [-0.4, -0.2) is 49.5 Å². The van der Waals surface area contributed by atoms with Crippen molar-refractivity contribution < 1.29 is 17.9 Å². The molecule has 34 heavy (non-hydrogen) atoms. The first-order valence-electron chi connectivity index (χ1n) is 10.7. The summed E-state index contributed by atoms with van der Waals surface area (Å²) in [6, 6.07) is 9.47. The number of carbonyl (C=O) groups excluding carboxylic acids is 1. The third kappa shape index (κ3) is 4.83. The number of ether oxygens (including phenoxy) is 1. The molecule has 1 amide bonds. The van der Waals surface area contributed by atoms with Gasteiger partial charge in [0.05, 0.1) is 27.8 Å². The lowest BCUT2D eigenvalue weighted by Gasteiger charge is -2.20. The first-order valence-corrected chi connectivity index (χ1v) is 13.3. The van der Waals surface area contributed by atoms with Crippen molar-refractivity contribution in [2.45, 2.75) is 37.3 Å². The van der Waals surface area contributed by atoms with Crippen LogP contribution in [0, 0.1) is 19.3 Å². The Hall–Kier alpha value is -2.48. The van der Waals surface area contributed by atoms with Crippen LogP contribution in [0.2, 0.25) is 5.02 Å². The number of thiazole rings is 1. The average molecular weight is 518 g/mol. The molecule has 0 saturated carbocycles. The summed E-state index contributed by atoms with van der Waals surface area (Å²) >= 11 is 7.62. The molecule has 10 heteroatoms. The summed E-state index contributed by atoms with van der Waals surface area (Å²) in [5, 5.41) is 0.607. The Labute approximate surface area is 207 Å². The molecule has 1 unspecified atom stereocenters. The second-order valence-corrected chi connectivity index (χ2v) is 11.5. The molecule has 1 fully saturated rings. The lowest BCUT2D eigenvalue weighted by molar-refractivity contribution is 0.0979. The third-order valence-electron chi connectivity index (χ3n) is 5.77. The van der Waals surface area contributed by atoms with Gasteiger partial charge < -0.3 is 9.30 Å². The molecule has 1 aliphatic heterocycles. The first-order chi connectivity index (χ1) is 16.2. The molecule has 178 valence electrons. The zero-order valence-electron chi connectivity index (χ0n) is 18.8. The highest BCUT2D eigenvalue weighted by atomic mass is 35.5. The molecule has 4 rings (SSSR count). The average Bonchev–Trinajstić information content (AvgIpc) is 3.45. The van der Waals surface area contributed by atoms with Crippen molar-refractivity contribution in [1.82, 2.24) is 8.87 Å². The molecule has 1 saturated heterocycles. The minimum Gasteiger partial charge on any atom is -0.377 e. The molecule has 0 bridgehead atoms. The number of hydrogen-bond acceptors (Lipinski definition) is 5. The maximum absolute atomic E-state index is 12.9. The van der Waals surface area contributed by atoms with E-state index in [2.05, 4.69) is 10.9 Å². The van der Waals surface area contributed by atoms with E-state index >= 15 is 0 Å². The Bertz CT molecular complexity index is 1440. The predicted molar refractivity (Wildman–Crippen MR) is 134 cm³/mol. The van der Waals surface area contributed by atoms with Gasteiger partial charge in [-0.05, 0) is 61.7 Å². The molecule has 2 aromatic carbocycles. The fourth-order valence-corrected chi connectivity index (χ4v) is 6.36. The minimum absolute atomic E-state index is 0.0889. The van der Waals surface area contributed by atoms with Crippen LogP contribution >= 0.6 is 22.9 Å². The van der Waals surface area contributed by atoms with Gasteiger partial charge in [0.25, 0.3) is 5.91 Å². The van der Waals surface area contributed by atoms with Gasteiger partial charge in [-0.3, -0.25) is 4.79 Å². The number of terminal acetylenes is 1. The monoisotopic (exact) mass is 517 g/mol. The zero-order chi connectivity index (χ0) is 24.5. The van der Waals surface area contributed by atoms with Gasteiger partial charge in [0.15, 0.2) is 4.80 Å². The van der Waals surface area contributed by atoms with Gasteiger partial charge in [-0.15, -0.1) is 6.42 Å². The Morgan fingerprint density at radius 3 is 2.71 bits per heavy atom. The molecule has 0 N–H and O–H groups in total. The van der Waals surface area contributed by atoms with Crippen LogP contribution < -0.4 is 4.80 Å². The van der Waals surface area contributed by atoms with E-state index in [1.807, 2.05) is 13.0 Å². The van der Waals surface area contributed by atoms with Crippen LogP contribution in [0.3, 0.4) is 0 Å². The molecule has 1 atom stereocenters. The second-order valence-electron chi connectivity index (χ2n) is 8.06. The molecule has 3 aromatic rings. The van der Waals surface area contributed by atoms with Crippen molar-refractivity contribution in [1.29, 1.82) is 0 Å². The summed E-state index contributed by atoms with van der Waals surface area (Å²) in [6.45, 7) is 3.09. The number of aromatic nitrogens is 1. The summed E-state index contributed by atoms with van der Waals surface area (Å²) in [5.74, 6) is 2.11. The number of carbonyl (C=O) groups is 1. The molecule has 1 aromatic heterocycles. The summed E-state index contributed by atoms with van der Waals surface area (Å²) in [7, 11) is -2.16. The minimum atomic E-state index is -3.69. The lowest BCUT2D eigenvalue weighted by atomic mass is 10.2. The number of aryl methyl sites for hydroxylation is 1. The molecule has 7 nitrogen and oxygen atoms in total. The number of amides is 1. The van der Waals surface area contributed by atoms with Crippen molar-refractivity contribution in [2.24, 2.45) is 4.99 Å². The Morgan fingerprint density at radius 2 is 2.06 bits per heavy atom. The molecule has 0 aliphatic carbocycles. The lowest BCUT2D eigenvalue weighted by Crippen LogP contribution is -2.34. The van der Waals surface area contributed by atoms with E-state index in [9.17, 15) is 13.2 Å². The van der Waals surface area contributed by atoms with E-state index in [0.717, 1.165) is 28.6 Å². The highest BCUT2D eigenvalue weighted by molar-refractivity contribution is 7.89. The number of nitrogens with zero attached hydrogens (tertiary/aromatic N) is 3. The van der Waals surface area contributed by atoms with Gasteiger partial charge in [0.1, 0.15) is 0 Å². The smallest absolute Gasteiger partial charge is 0.279 e. The van der Waals surface area contributed by atoms with Crippen molar-refractivity contribution in [3.05, 3.63) is 57.3 Å². The van der Waals surface area contributed by atoms with Crippen LogP contribution in [0.1, 0.15) is 28.8 Å². The molecule has 0 radical (unpaired) electrons. The van der Waals surface area contributed by atoms with E-state index in [1.54, 1.807) is 10.6 Å². The largest absolute Gasteiger partial charge is 0.377 e. The second kappa shape index (κ2) is 10.0. The fraction of sp³-hybridized carbons (Fsp3) is 0.333. The van der Waals surface area contributed by atoms with Crippen LogP contribution in [-0.2, 0) is 21.3 Å². The number of likely N-dealkylation sites (N-methyl/N-ethyl adjacent to an activating group) is 1. The Kier molecular flexibility index (Phi) is 7.26. The van der Waals surface area contributed by atoms with Crippen molar-refractivity contribution in [3.8, 4) is 12.3 Å². The van der Waals surface area contributed by atoms with Crippen LogP contribution in [0.15, 0.2) is 46.3 Å². The van der Waals surface area contributed by atoms with E-state index in [-0.39, 0.29) is 23.1 Å². The summed E-state index contributed by atoms with van der Waals surface area (Å²) in [4.78, 5) is 17.7. The molecule has 2 heterocycles. The molecule has 1 aliphatic rings. The van der Waals surface area contributed by atoms with Gasteiger partial charge in [0, 0.05) is 30.8 Å². The van der Waals surface area contributed by atoms with E-state index in [0.29, 0.717) is 23.0 Å². The number of rotatable bonds is 6. The molecular formula is C24H24ClN3O4S2. The highest BCUT2D eigenvalue weighted by Gasteiger charge is 2.26. The summed E-state index contributed by atoms with van der Waals surface area (Å²) in [5.41, 5.74) is 1.99. The third-order valence-corrected chi connectivity index (χ3v) is 9.06. The molecular weight excluding hydrogens is 494 g/mol. The number of halogens is 1. The van der Waals surface area contributed by atoms with E-state index in [4.69, 9.17) is 22.8 Å². The van der Waals surface area contributed by atoms with Crippen molar-refractivity contribution in [3.63, 3.8) is 0 Å². The highest BCUT2D eigenvalue weighted by Crippen LogP contribution is 2.27. The molecule has 0 spiro atoms. The van der Waals surface area contributed by atoms with Crippen LogP contribution in [0.4, 0.5) is 0 Å². The SMILES string of the molecule is C#CCn1c(=NC(=O)c2ccc(S(=O)(=O)N(C)CC3CCCO3)cc2)sc2ccc(Cl)c(C)c21. The Balaban J connectivity index is 1.62. The number of hydrogen-bond donors (Lipinski definition) is 0. The normalized spacial score (nSPS) is 16.9. The zero-order valence-corrected chi connectivity index (χ0v) is 21.2. The van der Waals surface area contributed by atoms with Gasteiger partial charge >= 0.3 is 0 Å². The van der Waals surface area contributed by atoms with Gasteiger partial charge in [-0.2, -0.15) is 9.30 Å². The van der Waals surface area contributed by atoms with Crippen molar-refractivity contribution >= 4 is 49.1 Å². The number of sulfonamides is 1. The summed E-state index contributed by atoms with van der Waals surface area (Å²) < 4.78 is 35.3. The van der Waals surface area contributed by atoms with E-state index in [1.165, 1.54) is 47.0 Å². The van der Waals surface area contributed by atoms with Gasteiger partial charge in [-0.25, -0.2) is 8.42 Å². The number of benzene rings is 2. The predicted octanol–water partition coefficient (Wildman–Crippen LogP) is 3.84. The first kappa shape index (κ1) is 24.6. The van der Waals surface area contributed by atoms with Gasteiger partial charge in [-0.1, -0.05) is 28.9 Å². The van der Waals surface area contributed by atoms with Crippen molar-refractivity contribution in [2.75, 3.05) is 20.2 Å². The summed E-state index contributed by atoms with van der Waals surface area (Å²) in [6.07, 6.45) is 7.24. The maximum Gasteiger partial charge on any atom is 0.279 e.